The lowest BCUT2D eigenvalue weighted by atomic mass is 9.69. The van der Waals surface area contributed by atoms with Crippen molar-refractivity contribution in [1.29, 1.82) is 0 Å². The molecule has 1 aliphatic carbocycles. The zero-order valence-electron chi connectivity index (χ0n) is 19.0. The minimum absolute atomic E-state index is 0.0506. The number of rotatable bonds is 4. The van der Waals surface area contributed by atoms with Crippen LogP contribution in [0.25, 0.3) is 10.8 Å². The Labute approximate surface area is 198 Å². The van der Waals surface area contributed by atoms with Gasteiger partial charge in [0.25, 0.3) is 5.91 Å². The lowest BCUT2D eigenvalue weighted by Crippen LogP contribution is -2.54. The van der Waals surface area contributed by atoms with Gasteiger partial charge in [0.2, 0.25) is 0 Å². The van der Waals surface area contributed by atoms with E-state index in [2.05, 4.69) is 24.3 Å². The summed E-state index contributed by atoms with van der Waals surface area (Å²) in [5.74, 6) is -0.316. The minimum atomic E-state index is -0.977. The Morgan fingerprint density at radius 3 is 2.38 bits per heavy atom. The first kappa shape index (κ1) is 20.7. The molecular formula is C30H25NO3. The maximum Gasteiger partial charge on any atom is 0.319 e. The normalized spacial score (nSPS) is 20.6. The Kier molecular flexibility index (Phi) is 4.77. The SMILES string of the molecule is CCOC(=O)[C@]12Cc3cc4ccccc4cc3[C@H]1N(Cc1ccccc1)C(=O)c1ccccc12. The predicted octanol–water partition coefficient (Wildman–Crippen LogP) is 5.59. The van der Waals surface area contributed by atoms with E-state index in [4.69, 9.17) is 4.74 Å². The van der Waals surface area contributed by atoms with Gasteiger partial charge in [-0.2, -0.15) is 0 Å². The maximum absolute atomic E-state index is 13.9. The van der Waals surface area contributed by atoms with Crippen molar-refractivity contribution in [3.05, 3.63) is 119 Å². The smallest absolute Gasteiger partial charge is 0.319 e. The van der Waals surface area contributed by atoms with Gasteiger partial charge in [-0.15, -0.1) is 0 Å². The molecule has 6 rings (SSSR count). The van der Waals surface area contributed by atoms with Gasteiger partial charge in [0.05, 0.1) is 12.6 Å². The average Bonchev–Trinajstić information content (AvgIpc) is 3.21. The largest absolute Gasteiger partial charge is 0.465 e. The second-order valence-corrected chi connectivity index (χ2v) is 9.13. The minimum Gasteiger partial charge on any atom is -0.465 e. The van der Waals surface area contributed by atoms with Crippen molar-refractivity contribution in [2.24, 2.45) is 0 Å². The van der Waals surface area contributed by atoms with E-state index in [9.17, 15) is 9.59 Å². The number of hydrogen-bond donors (Lipinski definition) is 0. The zero-order chi connectivity index (χ0) is 23.3. The summed E-state index contributed by atoms with van der Waals surface area (Å²) in [7, 11) is 0. The fourth-order valence-corrected chi connectivity index (χ4v) is 5.88. The van der Waals surface area contributed by atoms with Crippen molar-refractivity contribution in [2.45, 2.75) is 31.3 Å². The van der Waals surface area contributed by atoms with Crippen LogP contribution in [0, 0.1) is 0 Å². The topological polar surface area (TPSA) is 46.6 Å². The van der Waals surface area contributed by atoms with Crippen molar-refractivity contribution >= 4 is 22.6 Å². The van der Waals surface area contributed by atoms with Gasteiger partial charge in [-0.25, -0.2) is 0 Å². The third-order valence-corrected chi connectivity index (χ3v) is 7.28. The van der Waals surface area contributed by atoms with E-state index in [-0.39, 0.29) is 11.9 Å². The second kappa shape index (κ2) is 7.84. The molecule has 0 spiro atoms. The maximum atomic E-state index is 13.9. The standard InChI is InChI=1S/C30H25NO3/c1-2-34-29(33)30-18-23-16-21-12-6-7-13-22(21)17-25(23)27(30)31(19-20-10-4-3-5-11-20)28(32)24-14-8-9-15-26(24)30/h3-17,27H,2,18-19H2,1H3/t27-,30+/m1/s1. The summed E-state index contributed by atoms with van der Waals surface area (Å²) < 4.78 is 5.73. The molecule has 0 N–H and O–H groups in total. The average molecular weight is 448 g/mol. The van der Waals surface area contributed by atoms with Crippen LogP contribution < -0.4 is 0 Å². The number of carbonyl (C=O) groups excluding carboxylic acids is 2. The molecule has 4 aromatic rings. The molecule has 0 saturated carbocycles. The van der Waals surface area contributed by atoms with E-state index in [1.165, 1.54) is 0 Å². The van der Waals surface area contributed by atoms with Gasteiger partial charge in [0, 0.05) is 12.1 Å². The van der Waals surface area contributed by atoms with Crippen LogP contribution in [0.4, 0.5) is 0 Å². The number of benzene rings is 4. The number of esters is 1. The van der Waals surface area contributed by atoms with Crippen molar-refractivity contribution in [2.75, 3.05) is 6.61 Å². The Morgan fingerprint density at radius 1 is 0.941 bits per heavy atom. The summed E-state index contributed by atoms with van der Waals surface area (Å²) in [6, 6.07) is 29.7. The highest BCUT2D eigenvalue weighted by atomic mass is 16.5. The molecule has 0 bridgehead atoms. The van der Waals surface area contributed by atoms with E-state index in [1.807, 2.05) is 78.6 Å². The molecule has 0 unspecified atom stereocenters. The number of carbonyl (C=O) groups is 2. The first-order chi connectivity index (χ1) is 16.6. The van der Waals surface area contributed by atoms with E-state index in [1.54, 1.807) is 0 Å². The third kappa shape index (κ3) is 2.91. The molecule has 34 heavy (non-hydrogen) atoms. The van der Waals surface area contributed by atoms with E-state index < -0.39 is 11.5 Å². The Hall–Kier alpha value is -3.92. The number of ether oxygens (including phenoxy) is 1. The predicted molar refractivity (Wildman–Crippen MR) is 131 cm³/mol. The summed E-state index contributed by atoms with van der Waals surface area (Å²) in [4.78, 5) is 29.7. The van der Waals surface area contributed by atoms with Crippen molar-refractivity contribution < 1.29 is 14.3 Å². The van der Waals surface area contributed by atoms with E-state index >= 15 is 0 Å². The lowest BCUT2D eigenvalue weighted by molar-refractivity contribution is -0.153. The highest BCUT2D eigenvalue weighted by molar-refractivity contribution is 6.03. The molecule has 4 nitrogen and oxygen atoms in total. The number of nitrogens with zero attached hydrogens (tertiary/aromatic N) is 1. The van der Waals surface area contributed by atoms with Crippen molar-refractivity contribution in [1.82, 2.24) is 4.90 Å². The van der Waals surface area contributed by atoms with Gasteiger partial charge >= 0.3 is 5.97 Å². The van der Waals surface area contributed by atoms with Gasteiger partial charge in [-0.1, -0.05) is 78.9 Å². The molecule has 0 aromatic heterocycles. The molecule has 4 heteroatoms. The van der Waals surface area contributed by atoms with Crippen LogP contribution in [0.5, 0.6) is 0 Å². The fourth-order valence-electron chi connectivity index (χ4n) is 5.88. The first-order valence-electron chi connectivity index (χ1n) is 11.8. The number of amides is 1. The van der Waals surface area contributed by atoms with Crippen molar-refractivity contribution in [3.63, 3.8) is 0 Å². The summed E-state index contributed by atoms with van der Waals surface area (Å²) in [6.07, 6.45) is 0.506. The molecular weight excluding hydrogens is 422 g/mol. The molecule has 0 fully saturated rings. The van der Waals surface area contributed by atoms with Crippen LogP contribution in [0.15, 0.2) is 91.0 Å². The van der Waals surface area contributed by atoms with Crippen LogP contribution in [0.2, 0.25) is 0 Å². The highest BCUT2D eigenvalue weighted by Crippen LogP contribution is 2.56. The van der Waals surface area contributed by atoms with Gasteiger partial charge in [0.1, 0.15) is 5.41 Å². The zero-order valence-corrected chi connectivity index (χ0v) is 19.0. The van der Waals surface area contributed by atoms with E-state index in [0.29, 0.717) is 25.1 Å². The highest BCUT2D eigenvalue weighted by Gasteiger charge is 2.61. The first-order valence-corrected chi connectivity index (χ1v) is 11.8. The molecule has 1 aliphatic heterocycles. The summed E-state index contributed by atoms with van der Waals surface area (Å²) in [6.45, 7) is 2.55. The van der Waals surface area contributed by atoms with Gasteiger partial charge in [-0.3, -0.25) is 9.59 Å². The molecule has 2 aliphatic rings. The molecule has 0 saturated heterocycles. The molecule has 4 aromatic carbocycles. The van der Waals surface area contributed by atoms with Gasteiger partial charge in [-0.05, 0) is 58.5 Å². The van der Waals surface area contributed by atoms with Crippen LogP contribution in [0.3, 0.4) is 0 Å². The Morgan fingerprint density at radius 2 is 1.62 bits per heavy atom. The second-order valence-electron chi connectivity index (χ2n) is 9.13. The van der Waals surface area contributed by atoms with E-state index in [0.717, 1.165) is 33.0 Å². The molecule has 168 valence electrons. The lowest BCUT2D eigenvalue weighted by Gasteiger charge is -2.45. The summed E-state index contributed by atoms with van der Waals surface area (Å²) in [5, 5.41) is 2.24. The molecule has 2 atom stereocenters. The third-order valence-electron chi connectivity index (χ3n) is 7.28. The van der Waals surface area contributed by atoms with Crippen LogP contribution in [0.1, 0.15) is 45.6 Å². The fraction of sp³-hybridized carbons (Fsp3) is 0.200. The number of hydrogen-bond acceptors (Lipinski definition) is 3. The van der Waals surface area contributed by atoms with Crippen LogP contribution in [-0.4, -0.2) is 23.4 Å². The van der Waals surface area contributed by atoms with Gasteiger partial charge in [0.15, 0.2) is 0 Å². The van der Waals surface area contributed by atoms with Crippen LogP contribution >= 0.6 is 0 Å². The number of fused-ring (bicyclic) bond motifs is 6. The summed E-state index contributed by atoms with van der Waals surface area (Å²) >= 11 is 0. The van der Waals surface area contributed by atoms with Gasteiger partial charge < -0.3 is 9.64 Å². The Bertz CT molecular complexity index is 1430. The monoisotopic (exact) mass is 447 g/mol. The molecule has 0 radical (unpaired) electrons. The molecule has 1 heterocycles. The summed E-state index contributed by atoms with van der Waals surface area (Å²) in [5.41, 5.74) is 3.54. The Balaban J connectivity index is 1.63. The quantitative estimate of drug-likeness (QED) is 0.383. The van der Waals surface area contributed by atoms with Crippen molar-refractivity contribution in [3.8, 4) is 0 Å². The van der Waals surface area contributed by atoms with Crippen LogP contribution in [-0.2, 0) is 27.9 Å². The molecule has 1 amide bonds.